The lowest BCUT2D eigenvalue weighted by molar-refractivity contribution is 0.379. The van der Waals surface area contributed by atoms with Gasteiger partial charge >= 0.3 is 6.01 Å². The molecule has 1 heterocycles. The van der Waals surface area contributed by atoms with Crippen molar-refractivity contribution in [2.75, 3.05) is 24.3 Å². The third-order valence-electron chi connectivity index (χ3n) is 2.31. The molecule has 0 aliphatic heterocycles. The van der Waals surface area contributed by atoms with Crippen LogP contribution in [0.25, 0.3) is 0 Å². The highest BCUT2D eigenvalue weighted by molar-refractivity contribution is 6.35. The van der Waals surface area contributed by atoms with Crippen molar-refractivity contribution in [3.8, 4) is 6.01 Å². The minimum Gasteiger partial charge on any atom is -0.467 e. The number of nitrogens with one attached hydrogen (secondary N) is 2. The summed E-state index contributed by atoms with van der Waals surface area (Å²) >= 11 is 12.0. The van der Waals surface area contributed by atoms with Crippen LogP contribution in [0.4, 0.5) is 17.6 Å². The van der Waals surface area contributed by atoms with E-state index in [-0.39, 0.29) is 6.01 Å². The molecule has 0 radical (unpaired) electrons. The van der Waals surface area contributed by atoms with Gasteiger partial charge in [-0.25, -0.2) is 0 Å². The summed E-state index contributed by atoms with van der Waals surface area (Å²) in [4.78, 5) is 12.4. The average molecular weight is 314 g/mol. The van der Waals surface area contributed by atoms with Gasteiger partial charge in [0.15, 0.2) is 0 Å². The van der Waals surface area contributed by atoms with E-state index in [0.717, 1.165) is 0 Å². The van der Waals surface area contributed by atoms with Crippen molar-refractivity contribution in [3.63, 3.8) is 0 Å². The Morgan fingerprint density at radius 3 is 2.60 bits per heavy atom. The Kier molecular flexibility index (Phi) is 4.81. The number of anilines is 3. The normalized spacial score (nSPS) is 10.2. The molecule has 0 spiro atoms. The van der Waals surface area contributed by atoms with Gasteiger partial charge < -0.3 is 15.4 Å². The molecule has 1 aromatic heterocycles. The van der Waals surface area contributed by atoms with E-state index in [1.807, 2.05) is 6.92 Å². The van der Waals surface area contributed by atoms with Crippen molar-refractivity contribution in [3.05, 3.63) is 28.2 Å². The molecule has 0 aliphatic carbocycles. The molecular weight excluding hydrogens is 301 g/mol. The minimum absolute atomic E-state index is 0.205. The van der Waals surface area contributed by atoms with Crippen LogP contribution >= 0.6 is 23.2 Å². The number of benzene rings is 1. The topological polar surface area (TPSA) is 72.0 Å². The smallest absolute Gasteiger partial charge is 0.322 e. The lowest BCUT2D eigenvalue weighted by atomic mass is 10.3. The van der Waals surface area contributed by atoms with Crippen molar-refractivity contribution in [1.82, 2.24) is 15.0 Å². The molecule has 8 heteroatoms. The van der Waals surface area contributed by atoms with Crippen molar-refractivity contribution in [2.24, 2.45) is 0 Å². The van der Waals surface area contributed by atoms with E-state index in [9.17, 15) is 0 Å². The number of methoxy groups -OCH3 is 1. The zero-order chi connectivity index (χ0) is 14.5. The van der Waals surface area contributed by atoms with E-state index in [0.29, 0.717) is 34.2 Å². The number of rotatable bonds is 5. The van der Waals surface area contributed by atoms with Crippen LogP contribution in [0.3, 0.4) is 0 Å². The van der Waals surface area contributed by atoms with Crippen molar-refractivity contribution < 1.29 is 4.74 Å². The predicted molar refractivity (Wildman–Crippen MR) is 80.3 cm³/mol. The molecule has 0 fully saturated rings. The Morgan fingerprint density at radius 2 is 1.90 bits per heavy atom. The third-order valence-corrected chi connectivity index (χ3v) is 2.87. The highest BCUT2D eigenvalue weighted by Gasteiger charge is 2.08. The number of halogens is 2. The summed E-state index contributed by atoms with van der Waals surface area (Å²) in [6, 6.07) is 5.28. The molecule has 0 atom stereocenters. The number of nitrogens with zero attached hydrogens (tertiary/aromatic N) is 3. The summed E-state index contributed by atoms with van der Waals surface area (Å²) in [5, 5.41) is 7.05. The maximum absolute atomic E-state index is 6.08. The van der Waals surface area contributed by atoms with Crippen molar-refractivity contribution in [1.29, 1.82) is 0 Å². The Morgan fingerprint density at radius 1 is 1.15 bits per heavy atom. The average Bonchev–Trinajstić information content (AvgIpc) is 2.43. The van der Waals surface area contributed by atoms with Gasteiger partial charge in [0.25, 0.3) is 0 Å². The van der Waals surface area contributed by atoms with E-state index in [1.165, 1.54) is 7.11 Å². The standard InChI is InChI=1S/C12H13Cl2N5O/c1-3-15-10-17-11(19-12(18-10)20-2)16-9-6-7(13)4-5-8(9)14/h4-6H,3H2,1-2H3,(H2,15,16,17,18,19). The van der Waals surface area contributed by atoms with Crippen LogP contribution in [0.1, 0.15) is 6.92 Å². The fourth-order valence-corrected chi connectivity index (χ4v) is 1.79. The zero-order valence-corrected chi connectivity index (χ0v) is 12.5. The zero-order valence-electron chi connectivity index (χ0n) is 10.9. The second kappa shape index (κ2) is 6.58. The Bertz CT molecular complexity index is 608. The highest BCUT2D eigenvalue weighted by atomic mass is 35.5. The van der Waals surface area contributed by atoms with Crippen LogP contribution in [-0.2, 0) is 0 Å². The fourth-order valence-electron chi connectivity index (χ4n) is 1.45. The lowest BCUT2D eigenvalue weighted by Crippen LogP contribution is -2.08. The van der Waals surface area contributed by atoms with Gasteiger partial charge in [-0.1, -0.05) is 23.2 Å². The molecule has 0 saturated heterocycles. The summed E-state index contributed by atoms with van der Waals surface area (Å²) in [5.74, 6) is 0.733. The van der Waals surface area contributed by atoms with Gasteiger partial charge in [-0.05, 0) is 25.1 Å². The van der Waals surface area contributed by atoms with Gasteiger partial charge in [0.05, 0.1) is 17.8 Å². The molecule has 20 heavy (non-hydrogen) atoms. The van der Waals surface area contributed by atoms with Crippen LogP contribution in [0.15, 0.2) is 18.2 Å². The van der Waals surface area contributed by atoms with Crippen LogP contribution < -0.4 is 15.4 Å². The second-order valence-electron chi connectivity index (χ2n) is 3.75. The molecule has 1 aromatic carbocycles. The van der Waals surface area contributed by atoms with Crippen molar-refractivity contribution in [2.45, 2.75) is 6.92 Å². The van der Waals surface area contributed by atoms with Crippen LogP contribution in [0.5, 0.6) is 6.01 Å². The lowest BCUT2D eigenvalue weighted by Gasteiger charge is -2.10. The highest BCUT2D eigenvalue weighted by Crippen LogP contribution is 2.27. The molecule has 0 aliphatic rings. The molecule has 6 nitrogen and oxygen atoms in total. The van der Waals surface area contributed by atoms with Gasteiger partial charge in [-0.3, -0.25) is 0 Å². The first-order valence-corrected chi connectivity index (χ1v) is 6.64. The van der Waals surface area contributed by atoms with E-state index in [4.69, 9.17) is 27.9 Å². The van der Waals surface area contributed by atoms with Gasteiger partial charge in [-0.2, -0.15) is 15.0 Å². The summed E-state index contributed by atoms with van der Waals surface area (Å²) in [5.41, 5.74) is 0.606. The van der Waals surface area contributed by atoms with Crippen LogP contribution in [0.2, 0.25) is 10.0 Å². The minimum atomic E-state index is 0.205. The van der Waals surface area contributed by atoms with E-state index >= 15 is 0 Å². The fraction of sp³-hybridized carbons (Fsp3) is 0.250. The molecule has 0 unspecified atom stereocenters. The summed E-state index contributed by atoms with van der Waals surface area (Å²) < 4.78 is 5.03. The number of hydrogen-bond acceptors (Lipinski definition) is 6. The first kappa shape index (κ1) is 14.6. The van der Waals surface area contributed by atoms with Gasteiger partial charge in [-0.15, -0.1) is 0 Å². The quantitative estimate of drug-likeness (QED) is 0.882. The first-order valence-electron chi connectivity index (χ1n) is 5.88. The van der Waals surface area contributed by atoms with Gasteiger partial charge in [0, 0.05) is 11.6 Å². The molecule has 2 rings (SSSR count). The molecule has 0 amide bonds. The van der Waals surface area contributed by atoms with Crippen LogP contribution in [0, 0.1) is 0 Å². The Hall–Kier alpha value is -1.79. The Balaban J connectivity index is 2.32. The van der Waals surface area contributed by atoms with E-state index in [2.05, 4.69) is 25.6 Å². The molecule has 0 bridgehead atoms. The summed E-state index contributed by atoms with van der Waals surface area (Å²) in [7, 11) is 1.49. The van der Waals surface area contributed by atoms with E-state index in [1.54, 1.807) is 18.2 Å². The maximum atomic E-state index is 6.08. The largest absolute Gasteiger partial charge is 0.467 e. The molecule has 106 valence electrons. The van der Waals surface area contributed by atoms with E-state index < -0.39 is 0 Å². The Labute approximate surface area is 126 Å². The van der Waals surface area contributed by atoms with Gasteiger partial charge in [0.2, 0.25) is 11.9 Å². The number of aromatic nitrogens is 3. The SMILES string of the molecule is CCNc1nc(Nc2cc(Cl)ccc2Cl)nc(OC)n1. The van der Waals surface area contributed by atoms with Crippen molar-refractivity contribution >= 4 is 40.8 Å². The summed E-state index contributed by atoms with van der Waals surface area (Å²) in [6.45, 7) is 2.63. The number of hydrogen-bond donors (Lipinski definition) is 2. The third kappa shape index (κ3) is 3.61. The predicted octanol–water partition coefficient (Wildman–Crippen LogP) is 3.36. The molecule has 2 N–H and O–H groups in total. The number of ether oxygens (including phenoxy) is 1. The molecule has 0 saturated carbocycles. The second-order valence-corrected chi connectivity index (χ2v) is 4.59. The first-order chi connectivity index (χ1) is 9.62. The molecular formula is C12H13Cl2N5O. The summed E-state index contributed by atoms with van der Waals surface area (Å²) in [6.07, 6.45) is 0. The monoisotopic (exact) mass is 313 g/mol. The van der Waals surface area contributed by atoms with Crippen LogP contribution in [-0.4, -0.2) is 28.6 Å². The van der Waals surface area contributed by atoms with Gasteiger partial charge in [0.1, 0.15) is 0 Å². The molecule has 2 aromatic rings. The maximum Gasteiger partial charge on any atom is 0.322 e.